The van der Waals surface area contributed by atoms with E-state index in [1.807, 2.05) is 19.2 Å². The van der Waals surface area contributed by atoms with Crippen molar-refractivity contribution in [2.75, 3.05) is 0 Å². The lowest BCUT2D eigenvalue weighted by Gasteiger charge is -2.22. The van der Waals surface area contributed by atoms with Crippen LogP contribution in [0, 0.1) is 10.8 Å². The van der Waals surface area contributed by atoms with Gasteiger partial charge in [-0.1, -0.05) is 19.9 Å². The van der Waals surface area contributed by atoms with Crippen molar-refractivity contribution in [3.05, 3.63) is 28.5 Å². The van der Waals surface area contributed by atoms with Gasteiger partial charge in [-0.2, -0.15) is 0 Å². The van der Waals surface area contributed by atoms with E-state index in [1.54, 1.807) is 32.9 Å². The van der Waals surface area contributed by atoms with Gasteiger partial charge in [0.15, 0.2) is 6.17 Å². The van der Waals surface area contributed by atoms with Crippen LogP contribution in [-0.2, 0) is 9.47 Å². The predicted molar refractivity (Wildman–Crippen MR) is 104 cm³/mol. The van der Waals surface area contributed by atoms with E-state index < -0.39 is 42.3 Å². The zero-order valence-electron chi connectivity index (χ0n) is 16.0. The molecule has 10 heteroatoms. The number of nitrogens with one attached hydrogen (secondary N) is 3. The van der Waals surface area contributed by atoms with Crippen molar-refractivity contribution in [2.45, 2.75) is 59.0 Å². The summed E-state index contributed by atoms with van der Waals surface area (Å²) in [4.78, 5) is 15.4. The third kappa shape index (κ3) is 10.6. The number of amides is 1. The molecule has 2 atom stereocenters. The Kier molecular flexibility index (Phi) is 10.7. The van der Waals surface area contributed by atoms with E-state index in [4.69, 9.17) is 20.3 Å². The van der Waals surface area contributed by atoms with Gasteiger partial charge < -0.3 is 14.6 Å². The van der Waals surface area contributed by atoms with Crippen molar-refractivity contribution in [2.24, 2.45) is 0 Å². The molecule has 0 aliphatic carbocycles. The minimum Gasteiger partial charge on any atom is -0.444 e. The molecule has 0 aromatic carbocycles. The molecular weight excluding hydrogens is 423 g/mol. The Hall–Kier alpha value is -2.07. The molecule has 0 radical (unpaired) electrons. The van der Waals surface area contributed by atoms with Gasteiger partial charge in [0.1, 0.15) is 22.1 Å². The first kappa shape index (κ1) is 24.9. The Morgan fingerprint density at radius 1 is 1.37 bits per heavy atom. The van der Waals surface area contributed by atoms with Crippen LogP contribution in [0.1, 0.15) is 46.7 Å². The number of alkyl halides is 1. The average Bonchev–Trinajstić information content (AvgIpc) is 2.54. The lowest BCUT2D eigenvalue weighted by molar-refractivity contribution is 0.0316. The van der Waals surface area contributed by atoms with Crippen LogP contribution in [-0.4, -0.2) is 46.0 Å². The zero-order chi connectivity index (χ0) is 21.2. The van der Waals surface area contributed by atoms with Crippen LogP contribution in [0.3, 0.4) is 0 Å². The fourth-order valence-corrected chi connectivity index (χ4v) is 1.91. The molecule has 1 aromatic rings. The van der Waals surface area contributed by atoms with Crippen molar-refractivity contribution >= 4 is 33.8 Å². The second kappa shape index (κ2) is 11.6. The van der Waals surface area contributed by atoms with Gasteiger partial charge in [0.25, 0.3) is 0 Å². The topological polar surface area (TPSA) is 128 Å². The molecule has 152 valence electrons. The fourth-order valence-electron chi connectivity index (χ4n) is 1.57. The number of nitrogens with zero attached hydrogens (tertiary/aromatic N) is 1. The number of halogens is 2. The number of alkyl carbamates (subject to hydrolysis) is 1. The maximum absolute atomic E-state index is 14.0. The van der Waals surface area contributed by atoms with Crippen molar-refractivity contribution in [3.8, 4) is 0 Å². The number of rotatable bonds is 5. The molecule has 8 nitrogen and oxygen atoms in total. The van der Waals surface area contributed by atoms with E-state index >= 15 is 0 Å². The molecule has 27 heavy (non-hydrogen) atoms. The minimum atomic E-state index is -2.03. The summed E-state index contributed by atoms with van der Waals surface area (Å²) in [5.74, 6) is -1.39. The largest absolute Gasteiger partial charge is 0.444 e. The highest BCUT2D eigenvalue weighted by Crippen LogP contribution is 2.11. The maximum atomic E-state index is 14.0. The van der Waals surface area contributed by atoms with Gasteiger partial charge in [-0.25, -0.2) is 14.2 Å². The smallest absolute Gasteiger partial charge is 0.409 e. The van der Waals surface area contributed by atoms with E-state index in [2.05, 4.69) is 20.9 Å². The summed E-state index contributed by atoms with van der Waals surface area (Å²) in [5, 5.41) is 26.9. The number of aliphatic hydroxyl groups is 1. The molecule has 1 amide bonds. The van der Waals surface area contributed by atoms with Gasteiger partial charge >= 0.3 is 6.09 Å². The normalized spacial score (nSPS) is 12.7. The number of ether oxygens (including phenoxy) is 2. The molecule has 1 aromatic heterocycles. The van der Waals surface area contributed by atoms with Crippen LogP contribution in [0.25, 0.3) is 0 Å². The van der Waals surface area contributed by atoms with Crippen LogP contribution < -0.4 is 5.32 Å². The summed E-state index contributed by atoms with van der Waals surface area (Å²) < 4.78 is 24.1. The minimum absolute atomic E-state index is 0.110. The highest BCUT2D eigenvalue weighted by Gasteiger charge is 2.24. The first-order valence-electron chi connectivity index (χ1n) is 8.27. The molecule has 1 rings (SSSR count). The maximum Gasteiger partial charge on any atom is 0.409 e. The molecule has 2 unspecified atom stereocenters. The third-order valence-corrected chi connectivity index (χ3v) is 3.00. The number of carbonyl (C=O) groups is 1. The number of aliphatic hydroxyl groups excluding tert-OH is 1. The summed E-state index contributed by atoms with van der Waals surface area (Å²) in [6.07, 6.45) is -5.15. The molecule has 1 heterocycles. The Morgan fingerprint density at radius 2 is 1.96 bits per heavy atom. The highest BCUT2D eigenvalue weighted by atomic mass is 79.9. The Morgan fingerprint density at radius 3 is 2.48 bits per heavy atom. The van der Waals surface area contributed by atoms with E-state index in [1.165, 1.54) is 6.07 Å². The monoisotopic (exact) mass is 448 g/mol. The molecule has 0 saturated heterocycles. The van der Waals surface area contributed by atoms with E-state index in [-0.39, 0.29) is 5.69 Å². The average molecular weight is 449 g/mol. The van der Waals surface area contributed by atoms with E-state index in [0.717, 1.165) is 0 Å². The van der Waals surface area contributed by atoms with Crippen molar-refractivity contribution in [1.29, 1.82) is 10.8 Å². The number of hydrogen-bond acceptors (Lipinski definition) is 7. The Labute approximate surface area is 166 Å². The zero-order valence-corrected chi connectivity index (χ0v) is 17.6. The summed E-state index contributed by atoms with van der Waals surface area (Å²) in [6.45, 7) is 8.92. The number of aromatic nitrogens is 1. The van der Waals surface area contributed by atoms with Gasteiger partial charge in [-0.3, -0.25) is 16.1 Å². The van der Waals surface area contributed by atoms with Crippen LogP contribution >= 0.6 is 15.9 Å². The second-order valence-corrected chi connectivity index (χ2v) is 6.82. The molecule has 0 aliphatic heterocycles. The number of pyridine rings is 1. The van der Waals surface area contributed by atoms with Gasteiger partial charge in [0.05, 0.1) is 0 Å². The van der Waals surface area contributed by atoms with Crippen LogP contribution in [0.2, 0.25) is 0 Å². The summed E-state index contributed by atoms with van der Waals surface area (Å²) in [5.41, 5.74) is -0.653. The first-order chi connectivity index (χ1) is 12.5. The third-order valence-electron chi connectivity index (χ3n) is 2.56. The van der Waals surface area contributed by atoms with E-state index in [0.29, 0.717) is 4.60 Å². The molecule has 0 bridgehead atoms. The Balaban J connectivity index is 0.00000326. The molecule has 4 N–H and O–H groups in total. The SMILES string of the molecule is CC.CC(C)(C)OC(=O)NC(O)CC(F)C(=N)OC(=N)c1cccc(Br)n1. The molecule has 0 saturated carbocycles. The van der Waals surface area contributed by atoms with Crippen molar-refractivity contribution < 1.29 is 23.8 Å². The number of carbonyl (C=O) groups excluding carboxylic acids is 1. The van der Waals surface area contributed by atoms with Crippen molar-refractivity contribution in [1.82, 2.24) is 10.3 Å². The van der Waals surface area contributed by atoms with Crippen molar-refractivity contribution in [3.63, 3.8) is 0 Å². The van der Waals surface area contributed by atoms with Gasteiger partial charge in [-0.15, -0.1) is 0 Å². The molecule has 0 aliphatic rings. The highest BCUT2D eigenvalue weighted by molar-refractivity contribution is 9.10. The van der Waals surface area contributed by atoms with Gasteiger partial charge in [0, 0.05) is 6.42 Å². The summed E-state index contributed by atoms with van der Waals surface area (Å²) in [6, 6.07) is 4.71. The molecule has 0 spiro atoms. The predicted octanol–water partition coefficient (Wildman–Crippen LogP) is 3.76. The first-order valence-corrected chi connectivity index (χ1v) is 9.06. The second-order valence-electron chi connectivity index (χ2n) is 6.01. The standard InChI is InChI=1S/C15H20BrFN4O4.C2H6/c1-15(2,3)25-14(23)21-11(22)7-8(17)12(18)24-13(19)9-5-4-6-10(16)20-9;1-2/h4-6,8,11,18-19,22H,7H2,1-3H3,(H,21,23);1-2H3. The van der Waals surface area contributed by atoms with Crippen LogP contribution in [0.15, 0.2) is 22.8 Å². The molecular formula is C17H26BrFN4O4. The Bertz CT molecular complexity index is 652. The molecule has 0 fully saturated rings. The lowest BCUT2D eigenvalue weighted by atomic mass is 10.2. The van der Waals surface area contributed by atoms with Crippen LogP contribution in [0.4, 0.5) is 9.18 Å². The van der Waals surface area contributed by atoms with Crippen LogP contribution in [0.5, 0.6) is 0 Å². The summed E-state index contributed by atoms with van der Waals surface area (Å²) in [7, 11) is 0. The fraction of sp³-hybridized carbons (Fsp3) is 0.529. The van der Waals surface area contributed by atoms with E-state index in [9.17, 15) is 14.3 Å². The number of hydrogen-bond donors (Lipinski definition) is 4. The van der Waals surface area contributed by atoms with Gasteiger partial charge in [0.2, 0.25) is 11.8 Å². The van der Waals surface area contributed by atoms with Gasteiger partial charge in [-0.05, 0) is 48.8 Å². The quantitative estimate of drug-likeness (QED) is 0.236. The lowest BCUT2D eigenvalue weighted by Crippen LogP contribution is -2.41. The summed E-state index contributed by atoms with van der Waals surface area (Å²) >= 11 is 3.13.